The highest BCUT2D eigenvalue weighted by Gasteiger charge is 1.96. The van der Waals surface area contributed by atoms with Gasteiger partial charge in [0, 0.05) is 18.9 Å². The minimum Gasteiger partial charge on any atom is -0.470 e. The van der Waals surface area contributed by atoms with Gasteiger partial charge in [-0.2, -0.15) is 5.26 Å². The molecule has 0 bridgehead atoms. The summed E-state index contributed by atoms with van der Waals surface area (Å²) in [5.41, 5.74) is 1.03. The quantitative estimate of drug-likeness (QED) is 0.615. The fourth-order valence-corrected chi connectivity index (χ4v) is 1.07. The topological polar surface area (TPSA) is 57.9 Å². The van der Waals surface area contributed by atoms with Crippen molar-refractivity contribution in [1.29, 1.82) is 5.26 Å². The second kappa shape index (κ2) is 6.74. The van der Waals surface area contributed by atoms with E-state index in [4.69, 9.17) is 22.2 Å². The van der Waals surface area contributed by atoms with Crippen LogP contribution in [0.4, 0.5) is 0 Å². The highest BCUT2D eigenvalue weighted by atomic mass is 32.1. The molecule has 0 aliphatic carbocycles. The molecule has 1 aromatic heterocycles. The van der Waals surface area contributed by atoms with E-state index in [-0.39, 0.29) is 0 Å². The number of rotatable bonds is 4. The molecule has 0 unspecified atom stereocenters. The molecule has 0 radical (unpaired) electrons. The summed E-state index contributed by atoms with van der Waals surface area (Å²) in [6.45, 7) is 0.911. The Hall–Kier alpha value is -1.67. The van der Waals surface area contributed by atoms with Crippen molar-refractivity contribution >= 4 is 17.4 Å². The Morgan fingerprint density at radius 1 is 1.67 bits per heavy atom. The molecule has 0 aliphatic rings. The van der Waals surface area contributed by atoms with Crippen LogP contribution in [0.3, 0.4) is 0 Å². The lowest BCUT2D eigenvalue weighted by Crippen LogP contribution is -2.23. The van der Waals surface area contributed by atoms with Crippen LogP contribution < -0.4 is 5.32 Å². The molecule has 0 saturated heterocycles. The van der Waals surface area contributed by atoms with Crippen LogP contribution in [0.15, 0.2) is 24.5 Å². The van der Waals surface area contributed by atoms with Crippen molar-refractivity contribution in [2.24, 2.45) is 0 Å². The van der Waals surface area contributed by atoms with Crippen LogP contribution in [0.25, 0.3) is 0 Å². The van der Waals surface area contributed by atoms with Gasteiger partial charge in [0.15, 0.2) is 0 Å². The summed E-state index contributed by atoms with van der Waals surface area (Å²) in [5.74, 6) is 0. The first-order chi connectivity index (χ1) is 7.33. The van der Waals surface area contributed by atoms with E-state index in [9.17, 15) is 0 Å². The lowest BCUT2D eigenvalue weighted by Gasteiger charge is -2.07. The maximum atomic E-state index is 8.29. The van der Waals surface area contributed by atoms with Gasteiger partial charge in [-0.05, 0) is 23.8 Å². The van der Waals surface area contributed by atoms with Crippen molar-refractivity contribution in [3.05, 3.63) is 30.1 Å². The molecule has 1 aromatic rings. The summed E-state index contributed by atoms with van der Waals surface area (Å²) in [4.78, 5) is 3.97. The SMILES string of the molecule is N#CCCOC(=S)NCc1cccnc1. The Labute approximate surface area is 93.9 Å². The monoisotopic (exact) mass is 221 g/mol. The molecule has 1 rings (SSSR count). The zero-order valence-corrected chi connectivity index (χ0v) is 8.96. The normalized spacial score (nSPS) is 9.00. The van der Waals surface area contributed by atoms with E-state index in [0.29, 0.717) is 24.7 Å². The highest BCUT2D eigenvalue weighted by molar-refractivity contribution is 7.80. The molecule has 0 amide bonds. The molecule has 5 heteroatoms. The smallest absolute Gasteiger partial charge is 0.256 e. The minimum atomic E-state index is 0.314. The molecule has 15 heavy (non-hydrogen) atoms. The fraction of sp³-hybridized carbons (Fsp3) is 0.300. The summed E-state index contributed by atoms with van der Waals surface area (Å²) >= 11 is 4.90. The Bertz CT molecular complexity index is 347. The third-order valence-corrected chi connectivity index (χ3v) is 1.87. The van der Waals surface area contributed by atoms with Crippen LogP contribution in [0.1, 0.15) is 12.0 Å². The summed E-state index contributed by atoms with van der Waals surface area (Å²) in [5, 5.41) is 11.5. The Balaban J connectivity index is 2.20. The molecule has 4 nitrogen and oxygen atoms in total. The van der Waals surface area contributed by atoms with Crippen molar-refractivity contribution in [1.82, 2.24) is 10.3 Å². The highest BCUT2D eigenvalue weighted by Crippen LogP contribution is 1.94. The van der Waals surface area contributed by atoms with Crippen molar-refractivity contribution in [2.45, 2.75) is 13.0 Å². The standard InChI is InChI=1S/C10H11N3OS/c11-4-2-6-14-10(15)13-8-9-3-1-5-12-7-9/h1,3,5,7H,2,6,8H2,(H,13,15). The van der Waals surface area contributed by atoms with Gasteiger partial charge in [0.25, 0.3) is 5.17 Å². The molecule has 0 atom stereocenters. The van der Waals surface area contributed by atoms with Gasteiger partial charge in [-0.3, -0.25) is 4.98 Å². The van der Waals surface area contributed by atoms with E-state index in [1.54, 1.807) is 12.4 Å². The Kier molecular flexibility index (Phi) is 5.12. The summed E-state index contributed by atoms with van der Waals surface area (Å²) < 4.78 is 5.08. The first-order valence-electron chi connectivity index (χ1n) is 4.49. The van der Waals surface area contributed by atoms with Gasteiger partial charge in [0.2, 0.25) is 0 Å². The number of nitrogens with zero attached hydrogens (tertiary/aromatic N) is 2. The van der Waals surface area contributed by atoms with Gasteiger partial charge in [0.05, 0.1) is 12.5 Å². The predicted molar refractivity (Wildman–Crippen MR) is 59.9 cm³/mol. The average molecular weight is 221 g/mol. The fourth-order valence-electron chi connectivity index (χ4n) is 0.917. The Morgan fingerprint density at radius 2 is 2.53 bits per heavy atom. The third-order valence-electron chi connectivity index (χ3n) is 1.61. The van der Waals surface area contributed by atoms with Crippen molar-refractivity contribution in [3.8, 4) is 6.07 Å². The number of hydrogen-bond acceptors (Lipinski definition) is 4. The van der Waals surface area contributed by atoms with Crippen molar-refractivity contribution in [3.63, 3.8) is 0 Å². The summed E-state index contributed by atoms with van der Waals surface area (Å²) in [6.07, 6.45) is 3.81. The average Bonchev–Trinajstić information content (AvgIpc) is 2.28. The first kappa shape index (κ1) is 11.4. The van der Waals surface area contributed by atoms with E-state index >= 15 is 0 Å². The maximum Gasteiger partial charge on any atom is 0.256 e. The number of thiocarbonyl (C=S) groups is 1. The van der Waals surface area contributed by atoms with Crippen molar-refractivity contribution in [2.75, 3.05) is 6.61 Å². The lowest BCUT2D eigenvalue weighted by atomic mass is 10.3. The van der Waals surface area contributed by atoms with E-state index < -0.39 is 0 Å². The van der Waals surface area contributed by atoms with Crippen LogP contribution in [0.5, 0.6) is 0 Å². The van der Waals surface area contributed by atoms with Gasteiger partial charge >= 0.3 is 0 Å². The zero-order chi connectivity index (χ0) is 10.9. The molecule has 1 N–H and O–H groups in total. The molecule has 78 valence electrons. The molecular weight excluding hydrogens is 210 g/mol. The van der Waals surface area contributed by atoms with E-state index in [2.05, 4.69) is 10.3 Å². The number of aromatic nitrogens is 1. The van der Waals surface area contributed by atoms with E-state index in [1.807, 2.05) is 18.2 Å². The number of nitrogens with one attached hydrogen (secondary N) is 1. The molecule has 1 heterocycles. The second-order valence-corrected chi connectivity index (χ2v) is 3.13. The molecule has 0 spiro atoms. The van der Waals surface area contributed by atoms with E-state index in [1.165, 1.54) is 0 Å². The first-order valence-corrected chi connectivity index (χ1v) is 4.90. The molecular formula is C10H11N3OS. The van der Waals surface area contributed by atoms with Gasteiger partial charge in [-0.25, -0.2) is 0 Å². The molecule has 0 saturated carbocycles. The lowest BCUT2D eigenvalue weighted by molar-refractivity contribution is 0.307. The molecule has 0 fully saturated rings. The predicted octanol–water partition coefficient (Wildman–Crippen LogP) is 1.39. The van der Waals surface area contributed by atoms with Gasteiger partial charge in [0.1, 0.15) is 6.61 Å². The minimum absolute atomic E-state index is 0.314. The van der Waals surface area contributed by atoms with Crippen LogP contribution in [0.2, 0.25) is 0 Å². The van der Waals surface area contributed by atoms with E-state index in [0.717, 1.165) is 5.56 Å². The van der Waals surface area contributed by atoms with Crippen LogP contribution in [0, 0.1) is 11.3 Å². The molecule has 0 aliphatic heterocycles. The largest absolute Gasteiger partial charge is 0.470 e. The zero-order valence-electron chi connectivity index (χ0n) is 8.14. The van der Waals surface area contributed by atoms with Gasteiger partial charge < -0.3 is 10.1 Å². The Morgan fingerprint density at radius 3 is 3.20 bits per heavy atom. The van der Waals surface area contributed by atoms with Crippen LogP contribution in [-0.2, 0) is 11.3 Å². The van der Waals surface area contributed by atoms with Gasteiger partial charge in [-0.1, -0.05) is 6.07 Å². The number of ether oxygens (including phenoxy) is 1. The number of pyridine rings is 1. The number of nitriles is 1. The summed E-state index contributed by atoms with van der Waals surface area (Å²) in [7, 11) is 0. The second-order valence-electron chi connectivity index (χ2n) is 2.76. The maximum absolute atomic E-state index is 8.29. The van der Waals surface area contributed by atoms with Crippen LogP contribution >= 0.6 is 12.2 Å². The van der Waals surface area contributed by atoms with Crippen molar-refractivity contribution < 1.29 is 4.74 Å². The van der Waals surface area contributed by atoms with Gasteiger partial charge in [-0.15, -0.1) is 0 Å². The van der Waals surface area contributed by atoms with Crippen LogP contribution in [-0.4, -0.2) is 16.8 Å². The summed E-state index contributed by atoms with van der Waals surface area (Å²) in [6, 6.07) is 5.77. The number of hydrogen-bond donors (Lipinski definition) is 1. The molecule has 0 aromatic carbocycles. The third kappa shape index (κ3) is 4.93.